The molecule has 0 unspecified atom stereocenters. The van der Waals surface area contributed by atoms with E-state index in [0.29, 0.717) is 0 Å². The number of aromatic nitrogens is 3. The first-order valence-electron chi connectivity index (χ1n) is 8.84. The maximum atomic E-state index is 4.86. The summed E-state index contributed by atoms with van der Waals surface area (Å²) in [5.74, 6) is 2.83. The summed E-state index contributed by atoms with van der Waals surface area (Å²) in [5, 5.41) is 3.19. The summed E-state index contributed by atoms with van der Waals surface area (Å²) in [6.07, 6.45) is 4.05. The summed E-state index contributed by atoms with van der Waals surface area (Å²) in [6, 6.07) is 6.17. The second kappa shape index (κ2) is 6.96. The second-order valence-electron chi connectivity index (χ2n) is 7.15. The quantitative estimate of drug-likeness (QED) is 0.903. The molecule has 2 aromatic heterocycles. The molecule has 2 aromatic rings. The highest BCUT2D eigenvalue weighted by atomic mass is 15.3. The molecule has 25 heavy (non-hydrogen) atoms. The van der Waals surface area contributed by atoms with Crippen LogP contribution in [0, 0.1) is 6.92 Å². The summed E-state index contributed by atoms with van der Waals surface area (Å²) in [5.41, 5.74) is 2.06. The van der Waals surface area contributed by atoms with E-state index in [0.717, 1.165) is 49.1 Å². The van der Waals surface area contributed by atoms with Crippen LogP contribution in [-0.4, -0.2) is 47.5 Å². The number of hydrogen-bond donors (Lipinski definition) is 1. The van der Waals surface area contributed by atoms with Gasteiger partial charge in [-0.1, -0.05) is 6.07 Å². The minimum absolute atomic E-state index is 0.155. The lowest BCUT2D eigenvalue weighted by molar-refractivity contribution is 0.138. The van der Waals surface area contributed by atoms with E-state index < -0.39 is 0 Å². The number of hydrogen-bond acceptors (Lipinski definition) is 6. The number of aryl methyl sites for hydroxylation is 1. The molecule has 3 heterocycles. The van der Waals surface area contributed by atoms with Crippen LogP contribution in [0.4, 0.5) is 11.6 Å². The maximum absolute atomic E-state index is 4.86. The minimum atomic E-state index is -0.155. The van der Waals surface area contributed by atoms with Crippen molar-refractivity contribution >= 4 is 11.6 Å². The Hall–Kier alpha value is -2.21. The Morgan fingerprint density at radius 2 is 2.12 bits per heavy atom. The van der Waals surface area contributed by atoms with Crippen molar-refractivity contribution < 1.29 is 0 Å². The van der Waals surface area contributed by atoms with Crippen LogP contribution >= 0.6 is 0 Å². The predicted octanol–water partition coefficient (Wildman–Crippen LogP) is 2.80. The molecular formula is C19H28N6. The number of nitrogens with one attached hydrogen (secondary N) is 1. The van der Waals surface area contributed by atoms with Crippen molar-refractivity contribution in [3.8, 4) is 0 Å². The Morgan fingerprint density at radius 3 is 2.84 bits per heavy atom. The van der Waals surface area contributed by atoms with E-state index in [9.17, 15) is 0 Å². The molecule has 1 aliphatic rings. The first-order chi connectivity index (χ1) is 11.9. The van der Waals surface area contributed by atoms with Gasteiger partial charge in [-0.3, -0.25) is 4.90 Å². The third-order valence-corrected chi connectivity index (χ3v) is 5.06. The third-order valence-electron chi connectivity index (χ3n) is 5.06. The Labute approximate surface area is 150 Å². The lowest BCUT2D eigenvalue weighted by atomic mass is 9.97. The van der Waals surface area contributed by atoms with Crippen LogP contribution in [0.25, 0.3) is 0 Å². The van der Waals surface area contributed by atoms with Crippen molar-refractivity contribution in [3.05, 3.63) is 41.5 Å². The van der Waals surface area contributed by atoms with E-state index in [-0.39, 0.29) is 5.54 Å². The van der Waals surface area contributed by atoms with Gasteiger partial charge in [0.1, 0.15) is 11.6 Å². The van der Waals surface area contributed by atoms with E-state index >= 15 is 0 Å². The van der Waals surface area contributed by atoms with E-state index in [1.807, 2.05) is 51.3 Å². The number of anilines is 2. The molecule has 0 radical (unpaired) electrons. The Morgan fingerprint density at radius 1 is 1.32 bits per heavy atom. The summed E-state index contributed by atoms with van der Waals surface area (Å²) < 4.78 is 0. The molecule has 0 amide bonds. The average Bonchev–Trinajstić information content (AvgIpc) is 2.97. The van der Waals surface area contributed by atoms with E-state index in [4.69, 9.17) is 9.97 Å². The van der Waals surface area contributed by atoms with Gasteiger partial charge in [0.05, 0.1) is 5.54 Å². The van der Waals surface area contributed by atoms with Gasteiger partial charge in [0.2, 0.25) is 0 Å². The molecule has 1 saturated heterocycles. The summed E-state index contributed by atoms with van der Waals surface area (Å²) in [7, 11) is 5.96. The standard InChI is InChI=1S/C19H28N6/c1-14-12-16(24(4)5)23-18(22-14)19(2)9-7-11-25(19)13-15-8-6-10-21-17(15)20-3/h6,8,10,12H,7,9,11,13H2,1-5H3,(H,20,21)/t19-/m0/s1. The van der Waals surface area contributed by atoms with Gasteiger partial charge < -0.3 is 10.2 Å². The fourth-order valence-electron chi connectivity index (χ4n) is 3.54. The van der Waals surface area contributed by atoms with E-state index in [1.165, 1.54) is 5.56 Å². The molecule has 6 nitrogen and oxygen atoms in total. The maximum Gasteiger partial charge on any atom is 0.150 e. The molecule has 1 aliphatic heterocycles. The van der Waals surface area contributed by atoms with Crippen LogP contribution in [0.2, 0.25) is 0 Å². The first-order valence-corrected chi connectivity index (χ1v) is 8.84. The number of pyridine rings is 1. The lowest BCUT2D eigenvalue weighted by Gasteiger charge is -2.34. The zero-order chi connectivity index (χ0) is 18.0. The first kappa shape index (κ1) is 17.6. The van der Waals surface area contributed by atoms with Gasteiger partial charge in [0.15, 0.2) is 5.82 Å². The van der Waals surface area contributed by atoms with Crippen LogP contribution in [-0.2, 0) is 12.1 Å². The Bertz CT molecular complexity index is 744. The fraction of sp³-hybridized carbons (Fsp3) is 0.526. The molecule has 0 saturated carbocycles. The SMILES string of the molecule is CNc1ncccc1CN1CCC[C@@]1(C)c1nc(C)cc(N(C)C)n1. The van der Waals surface area contributed by atoms with Crippen molar-refractivity contribution in [2.45, 2.75) is 38.8 Å². The highest BCUT2D eigenvalue weighted by Crippen LogP contribution is 2.38. The van der Waals surface area contributed by atoms with Crippen LogP contribution in [0.5, 0.6) is 0 Å². The Kier molecular flexibility index (Phi) is 4.90. The highest BCUT2D eigenvalue weighted by Gasteiger charge is 2.41. The number of nitrogens with zero attached hydrogens (tertiary/aromatic N) is 5. The molecule has 3 rings (SSSR count). The molecule has 0 spiro atoms. The molecule has 1 N–H and O–H groups in total. The van der Waals surface area contributed by atoms with Crippen molar-refractivity contribution in [3.63, 3.8) is 0 Å². The highest BCUT2D eigenvalue weighted by molar-refractivity contribution is 5.43. The van der Waals surface area contributed by atoms with Crippen molar-refractivity contribution in [2.24, 2.45) is 0 Å². The van der Waals surface area contributed by atoms with Gasteiger partial charge in [-0.05, 0) is 39.3 Å². The van der Waals surface area contributed by atoms with Gasteiger partial charge in [-0.25, -0.2) is 15.0 Å². The largest absolute Gasteiger partial charge is 0.373 e. The molecule has 0 aliphatic carbocycles. The van der Waals surface area contributed by atoms with Gasteiger partial charge >= 0.3 is 0 Å². The summed E-state index contributed by atoms with van der Waals surface area (Å²) in [6.45, 7) is 6.20. The summed E-state index contributed by atoms with van der Waals surface area (Å²) >= 11 is 0. The molecule has 6 heteroatoms. The molecule has 0 aromatic carbocycles. The van der Waals surface area contributed by atoms with Gasteiger partial charge in [0, 0.05) is 51.2 Å². The molecule has 134 valence electrons. The van der Waals surface area contributed by atoms with Crippen LogP contribution in [0.3, 0.4) is 0 Å². The average molecular weight is 340 g/mol. The van der Waals surface area contributed by atoms with Crippen LogP contribution < -0.4 is 10.2 Å². The zero-order valence-electron chi connectivity index (χ0n) is 15.9. The topological polar surface area (TPSA) is 57.2 Å². The normalized spacial score (nSPS) is 20.7. The zero-order valence-corrected chi connectivity index (χ0v) is 15.9. The smallest absolute Gasteiger partial charge is 0.150 e. The van der Waals surface area contributed by atoms with Gasteiger partial charge in [-0.2, -0.15) is 0 Å². The second-order valence-corrected chi connectivity index (χ2v) is 7.15. The van der Waals surface area contributed by atoms with Gasteiger partial charge in [-0.15, -0.1) is 0 Å². The third kappa shape index (κ3) is 3.44. The van der Waals surface area contributed by atoms with Crippen molar-refractivity contribution in [2.75, 3.05) is 37.9 Å². The Balaban J connectivity index is 1.94. The van der Waals surface area contributed by atoms with Crippen LogP contribution in [0.1, 0.15) is 36.8 Å². The van der Waals surface area contributed by atoms with E-state index in [2.05, 4.69) is 28.2 Å². The predicted molar refractivity (Wildman–Crippen MR) is 102 cm³/mol. The molecule has 1 atom stereocenters. The number of likely N-dealkylation sites (tertiary alicyclic amines) is 1. The number of rotatable bonds is 5. The van der Waals surface area contributed by atoms with Crippen molar-refractivity contribution in [1.29, 1.82) is 0 Å². The van der Waals surface area contributed by atoms with Crippen LogP contribution in [0.15, 0.2) is 24.4 Å². The fourth-order valence-corrected chi connectivity index (χ4v) is 3.54. The van der Waals surface area contributed by atoms with Gasteiger partial charge in [0.25, 0.3) is 0 Å². The van der Waals surface area contributed by atoms with Crippen molar-refractivity contribution in [1.82, 2.24) is 19.9 Å². The van der Waals surface area contributed by atoms with E-state index in [1.54, 1.807) is 0 Å². The monoisotopic (exact) mass is 340 g/mol. The molecular weight excluding hydrogens is 312 g/mol. The molecule has 0 bridgehead atoms. The molecule has 1 fully saturated rings. The minimum Gasteiger partial charge on any atom is -0.373 e. The lowest BCUT2D eigenvalue weighted by Crippen LogP contribution is -2.40. The summed E-state index contributed by atoms with van der Waals surface area (Å²) in [4.78, 5) is 18.6.